The van der Waals surface area contributed by atoms with Gasteiger partial charge in [-0.15, -0.1) is 0 Å². The number of amides is 2. The first-order valence-electron chi connectivity index (χ1n) is 3.77. The molecule has 0 bridgehead atoms. The molecule has 1 spiro atoms. The predicted molar refractivity (Wildman–Crippen MR) is 37.7 cm³/mol. The Bertz CT molecular complexity index is 233. The first kappa shape index (κ1) is 6.64. The maximum atomic E-state index is 11.2. The number of hydrogen-bond acceptors (Lipinski definition) is 2. The molecule has 0 aromatic rings. The van der Waals surface area contributed by atoms with E-state index in [1.54, 1.807) is 6.92 Å². The first-order chi connectivity index (χ1) is 5.14. The highest BCUT2D eigenvalue weighted by Crippen LogP contribution is 2.37. The third-order valence-corrected chi connectivity index (χ3v) is 2.29. The van der Waals surface area contributed by atoms with Gasteiger partial charge in [0.15, 0.2) is 0 Å². The zero-order valence-corrected chi connectivity index (χ0v) is 6.31. The van der Waals surface area contributed by atoms with Crippen molar-refractivity contribution in [3.8, 4) is 0 Å². The van der Waals surface area contributed by atoms with E-state index in [2.05, 4.69) is 10.6 Å². The monoisotopic (exact) mass is 154 g/mol. The Balaban J connectivity index is 2.18. The lowest BCUT2D eigenvalue weighted by atomic mass is 10.1. The number of piperazine rings is 1. The van der Waals surface area contributed by atoms with Crippen LogP contribution in [0.25, 0.3) is 0 Å². The molecule has 1 saturated heterocycles. The average molecular weight is 154 g/mol. The fourth-order valence-corrected chi connectivity index (χ4v) is 1.28. The number of rotatable bonds is 0. The molecule has 60 valence electrons. The van der Waals surface area contributed by atoms with Gasteiger partial charge in [-0.05, 0) is 19.8 Å². The SMILES string of the molecule is C[C@@H]1NC(=O)C2(CC2)NC1=O. The number of hydrogen-bond donors (Lipinski definition) is 2. The van der Waals surface area contributed by atoms with Crippen molar-refractivity contribution in [2.24, 2.45) is 0 Å². The summed E-state index contributed by atoms with van der Waals surface area (Å²) in [5, 5.41) is 5.35. The van der Waals surface area contributed by atoms with E-state index in [0.717, 1.165) is 12.8 Å². The Hall–Kier alpha value is -1.06. The highest BCUT2D eigenvalue weighted by Gasteiger charge is 2.54. The summed E-state index contributed by atoms with van der Waals surface area (Å²) in [5.74, 6) is -0.0910. The lowest BCUT2D eigenvalue weighted by Crippen LogP contribution is -2.62. The Labute approximate surface area is 64.3 Å². The predicted octanol–water partition coefficient (Wildman–Crippen LogP) is -0.847. The molecule has 0 radical (unpaired) electrons. The van der Waals surface area contributed by atoms with Crippen molar-refractivity contribution < 1.29 is 9.59 Å². The summed E-state index contributed by atoms with van der Waals surface area (Å²) in [6.45, 7) is 1.68. The molecular weight excluding hydrogens is 144 g/mol. The van der Waals surface area contributed by atoms with Crippen molar-refractivity contribution >= 4 is 11.8 Å². The van der Waals surface area contributed by atoms with Gasteiger partial charge in [-0.1, -0.05) is 0 Å². The molecule has 2 aliphatic rings. The second-order valence-electron chi connectivity index (χ2n) is 3.27. The Morgan fingerprint density at radius 1 is 1.45 bits per heavy atom. The molecule has 1 heterocycles. The van der Waals surface area contributed by atoms with Crippen molar-refractivity contribution in [1.29, 1.82) is 0 Å². The number of carbonyl (C=O) groups is 2. The topological polar surface area (TPSA) is 58.2 Å². The highest BCUT2D eigenvalue weighted by molar-refractivity contribution is 6.01. The molecule has 2 fully saturated rings. The zero-order chi connectivity index (χ0) is 8.06. The minimum absolute atomic E-state index is 0.0235. The van der Waals surface area contributed by atoms with Crippen molar-refractivity contribution in [2.45, 2.75) is 31.3 Å². The van der Waals surface area contributed by atoms with Crippen molar-refractivity contribution in [3.63, 3.8) is 0 Å². The van der Waals surface area contributed by atoms with Crippen LogP contribution in [0.5, 0.6) is 0 Å². The lowest BCUT2D eigenvalue weighted by Gasteiger charge is -2.27. The van der Waals surface area contributed by atoms with Crippen molar-refractivity contribution in [1.82, 2.24) is 10.6 Å². The van der Waals surface area contributed by atoms with Crippen LogP contribution in [-0.4, -0.2) is 23.4 Å². The van der Waals surface area contributed by atoms with Gasteiger partial charge in [0.1, 0.15) is 11.6 Å². The Morgan fingerprint density at radius 2 is 2.09 bits per heavy atom. The van der Waals surface area contributed by atoms with Crippen LogP contribution in [0.1, 0.15) is 19.8 Å². The van der Waals surface area contributed by atoms with E-state index in [0.29, 0.717) is 0 Å². The summed E-state index contributed by atoms with van der Waals surface area (Å²) >= 11 is 0. The summed E-state index contributed by atoms with van der Waals surface area (Å²) in [7, 11) is 0. The maximum absolute atomic E-state index is 11.2. The summed E-state index contributed by atoms with van der Waals surface area (Å²) in [6, 6.07) is -0.367. The van der Waals surface area contributed by atoms with E-state index in [1.807, 2.05) is 0 Å². The van der Waals surface area contributed by atoms with Crippen LogP contribution in [0.2, 0.25) is 0 Å². The van der Waals surface area contributed by atoms with Crippen molar-refractivity contribution in [2.75, 3.05) is 0 Å². The Kier molecular flexibility index (Phi) is 1.06. The van der Waals surface area contributed by atoms with Gasteiger partial charge >= 0.3 is 0 Å². The summed E-state index contributed by atoms with van der Waals surface area (Å²) in [4.78, 5) is 22.3. The van der Waals surface area contributed by atoms with Crippen LogP contribution in [0.15, 0.2) is 0 Å². The molecule has 4 heteroatoms. The zero-order valence-electron chi connectivity index (χ0n) is 6.31. The van der Waals surface area contributed by atoms with E-state index in [9.17, 15) is 9.59 Å². The smallest absolute Gasteiger partial charge is 0.246 e. The van der Waals surface area contributed by atoms with Gasteiger partial charge in [0, 0.05) is 0 Å². The van der Waals surface area contributed by atoms with Gasteiger partial charge in [0.2, 0.25) is 11.8 Å². The summed E-state index contributed by atoms with van der Waals surface area (Å²) < 4.78 is 0. The quantitative estimate of drug-likeness (QED) is 0.477. The van der Waals surface area contributed by atoms with E-state index < -0.39 is 5.54 Å². The third-order valence-electron chi connectivity index (χ3n) is 2.29. The molecule has 1 aliphatic carbocycles. The van der Waals surface area contributed by atoms with Gasteiger partial charge < -0.3 is 10.6 Å². The van der Waals surface area contributed by atoms with Crippen LogP contribution < -0.4 is 10.6 Å². The molecule has 11 heavy (non-hydrogen) atoms. The summed E-state index contributed by atoms with van der Waals surface area (Å²) in [5.41, 5.74) is -0.510. The minimum Gasteiger partial charge on any atom is -0.343 e. The van der Waals surface area contributed by atoms with Crippen LogP contribution in [0.3, 0.4) is 0 Å². The maximum Gasteiger partial charge on any atom is 0.246 e. The van der Waals surface area contributed by atoms with Crippen LogP contribution in [0.4, 0.5) is 0 Å². The first-order valence-corrected chi connectivity index (χ1v) is 3.77. The van der Waals surface area contributed by atoms with Crippen LogP contribution in [-0.2, 0) is 9.59 Å². The molecule has 4 nitrogen and oxygen atoms in total. The molecule has 0 unspecified atom stereocenters. The van der Waals surface area contributed by atoms with Crippen LogP contribution in [0, 0.1) is 0 Å². The molecule has 0 aromatic heterocycles. The minimum atomic E-state index is -0.510. The normalized spacial score (nSPS) is 33.0. The third kappa shape index (κ3) is 0.818. The van der Waals surface area contributed by atoms with Gasteiger partial charge in [0.05, 0.1) is 0 Å². The number of carbonyl (C=O) groups excluding carboxylic acids is 2. The lowest BCUT2D eigenvalue weighted by molar-refractivity contribution is -0.137. The fourth-order valence-electron chi connectivity index (χ4n) is 1.28. The highest BCUT2D eigenvalue weighted by atomic mass is 16.2. The van der Waals surface area contributed by atoms with E-state index in [4.69, 9.17) is 0 Å². The largest absolute Gasteiger partial charge is 0.343 e. The van der Waals surface area contributed by atoms with E-state index in [1.165, 1.54) is 0 Å². The standard InChI is InChI=1S/C7H10N2O2/c1-4-5(10)9-7(2-3-7)6(11)8-4/h4H,2-3H2,1H3,(H,8,11)(H,9,10)/t4-/m0/s1. The fraction of sp³-hybridized carbons (Fsp3) is 0.714. The molecule has 1 atom stereocenters. The average Bonchev–Trinajstić information content (AvgIpc) is 2.66. The van der Waals surface area contributed by atoms with Crippen LogP contribution >= 0.6 is 0 Å². The molecular formula is C7H10N2O2. The van der Waals surface area contributed by atoms with E-state index >= 15 is 0 Å². The molecule has 2 rings (SSSR count). The summed E-state index contributed by atoms with van der Waals surface area (Å²) in [6.07, 6.45) is 1.58. The second-order valence-corrected chi connectivity index (χ2v) is 3.27. The molecule has 1 saturated carbocycles. The van der Waals surface area contributed by atoms with Gasteiger partial charge in [0.25, 0.3) is 0 Å². The molecule has 1 aliphatic heterocycles. The number of nitrogens with one attached hydrogen (secondary N) is 2. The van der Waals surface area contributed by atoms with E-state index in [-0.39, 0.29) is 17.9 Å². The molecule has 2 N–H and O–H groups in total. The van der Waals surface area contributed by atoms with Gasteiger partial charge in [-0.25, -0.2) is 0 Å². The van der Waals surface area contributed by atoms with Crippen molar-refractivity contribution in [3.05, 3.63) is 0 Å². The Morgan fingerprint density at radius 3 is 2.64 bits per heavy atom. The van der Waals surface area contributed by atoms with Gasteiger partial charge in [-0.2, -0.15) is 0 Å². The molecule has 0 aromatic carbocycles. The van der Waals surface area contributed by atoms with Gasteiger partial charge in [-0.3, -0.25) is 9.59 Å². The second kappa shape index (κ2) is 1.75. The molecule has 2 amide bonds.